The normalized spacial score (nSPS) is 10.3. The first-order valence-corrected chi connectivity index (χ1v) is 7.42. The lowest BCUT2D eigenvalue weighted by molar-refractivity contribution is -0.116. The van der Waals surface area contributed by atoms with Crippen molar-refractivity contribution in [1.29, 1.82) is 0 Å². The third-order valence-electron chi connectivity index (χ3n) is 3.14. The van der Waals surface area contributed by atoms with E-state index in [-0.39, 0.29) is 5.91 Å². The molecule has 116 valence electrons. The Morgan fingerprint density at radius 2 is 1.91 bits per heavy atom. The number of nitrogen functional groups attached to an aromatic ring is 1. The number of hydrogen-bond donors (Lipinski definition) is 2. The number of anilines is 2. The van der Waals surface area contributed by atoms with E-state index in [0.717, 1.165) is 11.3 Å². The van der Waals surface area contributed by atoms with Gasteiger partial charge in [0.05, 0.1) is 22.8 Å². The van der Waals surface area contributed by atoms with E-state index in [4.69, 9.17) is 33.7 Å². The van der Waals surface area contributed by atoms with Crippen molar-refractivity contribution in [3.63, 3.8) is 0 Å². The number of nitrogens with two attached hydrogens (primary N) is 1. The van der Waals surface area contributed by atoms with E-state index in [1.54, 1.807) is 19.2 Å². The molecule has 0 aliphatic rings. The summed E-state index contributed by atoms with van der Waals surface area (Å²) in [6, 6.07) is 10.8. The summed E-state index contributed by atoms with van der Waals surface area (Å²) in [6.07, 6.45) is 0.951. The molecule has 0 aliphatic heterocycles. The maximum atomic E-state index is 12.0. The van der Waals surface area contributed by atoms with E-state index in [9.17, 15) is 4.79 Å². The first-order chi connectivity index (χ1) is 10.5. The topological polar surface area (TPSA) is 64.3 Å². The van der Waals surface area contributed by atoms with Gasteiger partial charge in [-0.2, -0.15) is 0 Å². The second-order valence-corrected chi connectivity index (χ2v) is 5.57. The number of carbonyl (C=O) groups is 1. The molecule has 0 saturated heterocycles. The molecule has 2 aromatic rings. The van der Waals surface area contributed by atoms with Crippen LogP contribution in [0.4, 0.5) is 11.4 Å². The minimum Gasteiger partial charge on any atom is -0.497 e. The number of amides is 1. The number of nitrogens with one attached hydrogen (secondary N) is 1. The monoisotopic (exact) mass is 338 g/mol. The number of methoxy groups -OCH3 is 1. The van der Waals surface area contributed by atoms with Gasteiger partial charge in [0.2, 0.25) is 5.91 Å². The van der Waals surface area contributed by atoms with Crippen LogP contribution in [0.15, 0.2) is 36.4 Å². The Bertz CT molecular complexity index is 667. The van der Waals surface area contributed by atoms with E-state index < -0.39 is 0 Å². The molecule has 0 unspecified atom stereocenters. The summed E-state index contributed by atoms with van der Waals surface area (Å²) in [7, 11) is 1.61. The summed E-state index contributed by atoms with van der Waals surface area (Å²) in [5.74, 6) is 0.648. The molecule has 0 aromatic heterocycles. The van der Waals surface area contributed by atoms with Gasteiger partial charge in [-0.3, -0.25) is 4.79 Å². The highest BCUT2D eigenvalue weighted by atomic mass is 35.5. The molecule has 2 rings (SSSR count). The second-order valence-electron chi connectivity index (χ2n) is 4.75. The average Bonchev–Trinajstić information content (AvgIpc) is 2.50. The standard InChI is InChI=1S/C16H16Cl2N2O2/c1-22-12-4-2-3-10(7-12)5-6-15(21)20-11-8-13(17)16(19)14(18)9-11/h2-4,7-9H,5-6,19H2,1H3,(H,20,21). The molecule has 6 heteroatoms. The minimum atomic E-state index is -0.125. The predicted octanol–water partition coefficient (Wildman–Crippen LogP) is 4.16. The summed E-state index contributed by atoms with van der Waals surface area (Å²) in [5.41, 5.74) is 7.52. The van der Waals surface area contributed by atoms with E-state index in [1.165, 1.54) is 0 Å². The zero-order valence-corrected chi connectivity index (χ0v) is 13.5. The molecule has 0 bridgehead atoms. The molecule has 0 spiro atoms. The van der Waals surface area contributed by atoms with Crippen LogP contribution >= 0.6 is 23.2 Å². The SMILES string of the molecule is COc1cccc(CCC(=O)Nc2cc(Cl)c(N)c(Cl)c2)c1. The van der Waals surface area contributed by atoms with Gasteiger partial charge in [0.15, 0.2) is 0 Å². The van der Waals surface area contributed by atoms with Crippen LogP contribution in [0.3, 0.4) is 0 Å². The van der Waals surface area contributed by atoms with Crippen LogP contribution in [0.1, 0.15) is 12.0 Å². The molecule has 2 aromatic carbocycles. The second kappa shape index (κ2) is 7.38. The first kappa shape index (κ1) is 16.5. The highest BCUT2D eigenvalue weighted by molar-refractivity contribution is 6.39. The highest BCUT2D eigenvalue weighted by Crippen LogP contribution is 2.31. The number of ether oxygens (including phenoxy) is 1. The molecule has 0 atom stereocenters. The van der Waals surface area contributed by atoms with Gasteiger partial charge in [-0.25, -0.2) is 0 Å². The van der Waals surface area contributed by atoms with Crippen LogP contribution in [-0.4, -0.2) is 13.0 Å². The molecule has 3 N–H and O–H groups in total. The number of halogens is 2. The zero-order chi connectivity index (χ0) is 16.1. The summed E-state index contributed by atoms with van der Waals surface area (Å²) in [6.45, 7) is 0. The molecule has 0 heterocycles. The number of rotatable bonds is 5. The molecule has 4 nitrogen and oxygen atoms in total. The van der Waals surface area contributed by atoms with Gasteiger partial charge < -0.3 is 15.8 Å². The van der Waals surface area contributed by atoms with Crippen LogP contribution in [0, 0.1) is 0 Å². The van der Waals surface area contributed by atoms with E-state index in [0.29, 0.717) is 34.3 Å². The maximum absolute atomic E-state index is 12.0. The lowest BCUT2D eigenvalue weighted by atomic mass is 10.1. The third kappa shape index (κ3) is 4.29. The molecule has 22 heavy (non-hydrogen) atoms. The van der Waals surface area contributed by atoms with Gasteiger partial charge >= 0.3 is 0 Å². The molecule has 0 fully saturated rings. The number of aryl methyl sites for hydroxylation is 1. The Kier molecular flexibility index (Phi) is 5.52. The molecule has 1 amide bonds. The Morgan fingerprint density at radius 1 is 1.23 bits per heavy atom. The van der Waals surface area contributed by atoms with Crippen molar-refractivity contribution < 1.29 is 9.53 Å². The van der Waals surface area contributed by atoms with Crippen LogP contribution in [-0.2, 0) is 11.2 Å². The lowest BCUT2D eigenvalue weighted by Crippen LogP contribution is -2.12. The molecular formula is C16H16Cl2N2O2. The van der Waals surface area contributed by atoms with Gasteiger partial charge in [0, 0.05) is 12.1 Å². The molecule has 0 radical (unpaired) electrons. The van der Waals surface area contributed by atoms with E-state index in [1.807, 2.05) is 24.3 Å². The van der Waals surface area contributed by atoms with Gasteiger partial charge in [0.1, 0.15) is 5.75 Å². The Balaban J connectivity index is 1.95. The lowest BCUT2D eigenvalue weighted by Gasteiger charge is -2.09. The fourth-order valence-electron chi connectivity index (χ4n) is 1.97. The zero-order valence-electron chi connectivity index (χ0n) is 12.0. The summed E-state index contributed by atoms with van der Waals surface area (Å²) >= 11 is 11.9. The number of carbonyl (C=O) groups excluding carboxylic acids is 1. The Hall–Kier alpha value is -1.91. The van der Waals surface area contributed by atoms with Crippen molar-refractivity contribution in [3.8, 4) is 5.75 Å². The Morgan fingerprint density at radius 3 is 2.55 bits per heavy atom. The number of benzene rings is 2. The van der Waals surface area contributed by atoms with Crippen molar-refractivity contribution in [2.24, 2.45) is 0 Å². The van der Waals surface area contributed by atoms with E-state index in [2.05, 4.69) is 5.32 Å². The van der Waals surface area contributed by atoms with Crippen molar-refractivity contribution in [1.82, 2.24) is 0 Å². The fraction of sp³-hybridized carbons (Fsp3) is 0.188. The highest BCUT2D eigenvalue weighted by Gasteiger charge is 2.08. The number of hydrogen-bond acceptors (Lipinski definition) is 3. The first-order valence-electron chi connectivity index (χ1n) is 6.67. The van der Waals surface area contributed by atoms with Crippen molar-refractivity contribution in [3.05, 3.63) is 52.0 Å². The minimum absolute atomic E-state index is 0.125. The molecule has 0 saturated carbocycles. The van der Waals surface area contributed by atoms with Gasteiger partial charge in [0.25, 0.3) is 0 Å². The maximum Gasteiger partial charge on any atom is 0.224 e. The third-order valence-corrected chi connectivity index (χ3v) is 3.76. The van der Waals surface area contributed by atoms with Crippen LogP contribution in [0.25, 0.3) is 0 Å². The van der Waals surface area contributed by atoms with Gasteiger partial charge in [-0.15, -0.1) is 0 Å². The van der Waals surface area contributed by atoms with Crippen LogP contribution in [0.2, 0.25) is 10.0 Å². The van der Waals surface area contributed by atoms with Gasteiger partial charge in [-0.1, -0.05) is 35.3 Å². The van der Waals surface area contributed by atoms with Crippen molar-refractivity contribution in [2.75, 3.05) is 18.2 Å². The molecular weight excluding hydrogens is 323 g/mol. The van der Waals surface area contributed by atoms with Crippen LogP contribution in [0.5, 0.6) is 5.75 Å². The summed E-state index contributed by atoms with van der Waals surface area (Å²) in [4.78, 5) is 12.0. The molecule has 0 aliphatic carbocycles. The smallest absolute Gasteiger partial charge is 0.224 e. The predicted molar refractivity (Wildman–Crippen MR) is 90.8 cm³/mol. The average molecular weight is 339 g/mol. The van der Waals surface area contributed by atoms with Crippen molar-refractivity contribution in [2.45, 2.75) is 12.8 Å². The quantitative estimate of drug-likeness (QED) is 0.804. The largest absolute Gasteiger partial charge is 0.497 e. The van der Waals surface area contributed by atoms with Gasteiger partial charge in [-0.05, 0) is 36.2 Å². The van der Waals surface area contributed by atoms with Crippen LogP contribution < -0.4 is 15.8 Å². The fourth-order valence-corrected chi connectivity index (χ4v) is 2.45. The summed E-state index contributed by atoms with van der Waals surface area (Å²) < 4.78 is 5.15. The van der Waals surface area contributed by atoms with E-state index >= 15 is 0 Å². The summed E-state index contributed by atoms with van der Waals surface area (Å²) in [5, 5.41) is 3.39. The van der Waals surface area contributed by atoms with Crippen molar-refractivity contribution >= 4 is 40.5 Å². The Labute approximate surface area is 139 Å².